The molecule has 0 aliphatic rings. The number of hydrogen-bond donors (Lipinski definition) is 2. The van der Waals surface area contributed by atoms with E-state index >= 15 is 0 Å². The van der Waals surface area contributed by atoms with Gasteiger partial charge in [0.1, 0.15) is 5.01 Å². The molecule has 0 spiro atoms. The van der Waals surface area contributed by atoms with Gasteiger partial charge in [0.25, 0.3) is 0 Å². The van der Waals surface area contributed by atoms with Crippen molar-refractivity contribution in [3.63, 3.8) is 0 Å². The van der Waals surface area contributed by atoms with Crippen molar-refractivity contribution in [1.82, 2.24) is 4.98 Å². The number of nitrogens with two attached hydrogens (primary N) is 1. The Kier molecular flexibility index (Phi) is 4.01. The summed E-state index contributed by atoms with van der Waals surface area (Å²) in [5, 5.41) is 14.8. The summed E-state index contributed by atoms with van der Waals surface area (Å²) < 4.78 is 0. The van der Waals surface area contributed by atoms with Crippen molar-refractivity contribution in [3.05, 3.63) is 45.9 Å². The van der Waals surface area contributed by atoms with Gasteiger partial charge < -0.3 is 15.8 Å². The molecule has 0 fully saturated rings. The molecule has 0 aliphatic carbocycles. The molecule has 0 saturated heterocycles. The normalized spacial score (nSPS) is 11.6. The van der Waals surface area contributed by atoms with Gasteiger partial charge in [0.05, 0.1) is 6.54 Å². The number of nitrogens with zero attached hydrogens (tertiary/aromatic N) is 3. The molecule has 0 saturated carbocycles. The predicted molar refractivity (Wildman–Crippen MR) is 77.9 cm³/mol. The standard InChI is InChI=1S/C13H16N4OS/c1-9-8-19-12(15-9)7-17(2)11-5-3-4-10(6-11)13(14)16-18/h3-6,8,18H,7H2,1-2H3,(H2,14,16). The highest BCUT2D eigenvalue weighted by atomic mass is 32.1. The van der Waals surface area contributed by atoms with E-state index in [0.29, 0.717) is 5.56 Å². The maximum absolute atomic E-state index is 8.70. The second-order valence-corrected chi connectivity index (χ2v) is 5.22. The van der Waals surface area contributed by atoms with Gasteiger partial charge in [0.2, 0.25) is 0 Å². The number of anilines is 1. The van der Waals surface area contributed by atoms with Crippen LogP contribution in [0, 0.1) is 6.92 Å². The molecular formula is C13H16N4OS. The first-order valence-electron chi connectivity index (χ1n) is 5.80. The highest BCUT2D eigenvalue weighted by Crippen LogP contribution is 2.19. The first kappa shape index (κ1) is 13.4. The molecule has 1 aromatic carbocycles. The molecule has 5 nitrogen and oxygen atoms in total. The van der Waals surface area contributed by atoms with E-state index in [1.54, 1.807) is 17.4 Å². The van der Waals surface area contributed by atoms with Crippen LogP contribution in [0.1, 0.15) is 16.3 Å². The largest absolute Gasteiger partial charge is 0.409 e. The Morgan fingerprint density at radius 2 is 2.32 bits per heavy atom. The van der Waals surface area contributed by atoms with Crippen molar-refractivity contribution in [2.45, 2.75) is 13.5 Å². The Labute approximate surface area is 116 Å². The summed E-state index contributed by atoms with van der Waals surface area (Å²) in [6.45, 7) is 2.72. The summed E-state index contributed by atoms with van der Waals surface area (Å²) >= 11 is 1.65. The van der Waals surface area contributed by atoms with Gasteiger partial charge >= 0.3 is 0 Å². The minimum absolute atomic E-state index is 0.111. The molecular weight excluding hydrogens is 260 g/mol. The van der Waals surface area contributed by atoms with Crippen LogP contribution in [0.2, 0.25) is 0 Å². The van der Waals surface area contributed by atoms with Crippen LogP contribution in [-0.4, -0.2) is 23.1 Å². The van der Waals surface area contributed by atoms with E-state index in [9.17, 15) is 0 Å². The van der Waals surface area contributed by atoms with Crippen LogP contribution in [0.25, 0.3) is 0 Å². The van der Waals surface area contributed by atoms with Gasteiger partial charge in [0.15, 0.2) is 5.84 Å². The summed E-state index contributed by atoms with van der Waals surface area (Å²) in [6, 6.07) is 7.55. The molecule has 0 amide bonds. The van der Waals surface area contributed by atoms with E-state index in [2.05, 4.69) is 15.0 Å². The smallest absolute Gasteiger partial charge is 0.170 e. The molecule has 2 rings (SSSR count). The van der Waals surface area contributed by atoms with Gasteiger partial charge in [-0.1, -0.05) is 17.3 Å². The van der Waals surface area contributed by atoms with E-state index in [1.165, 1.54) is 0 Å². The van der Waals surface area contributed by atoms with Crippen LogP contribution in [0.3, 0.4) is 0 Å². The molecule has 100 valence electrons. The highest BCUT2D eigenvalue weighted by Gasteiger charge is 2.07. The highest BCUT2D eigenvalue weighted by molar-refractivity contribution is 7.09. The zero-order valence-corrected chi connectivity index (χ0v) is 11.7. The number of thiazole rings is 1. The number of benzene rings is 1. The van der Waals surface area contributed by atoms with Crippen molar-refractivity contribution in [2.24, 2.45) is 10.9 Å². The van der Waals surface area contributed by atoms with Crippen molar-refractivity contribution >= 4 is 22.9 Å². The number of aromatic nitrogens is 1. The Balaban J connectivity index is 2.17. The van der Waals surface area contributed by atoms with Gasteiger partial charge in [0, 0.05) is 29.4 Å². The second-order valence-electron chi connectivity index (χ2n) is 4.27. The zero-order chi connectivity index (χ0) is 13.8. The summed E-state index contributed by atoms with van der Waals surface area (Å²) in [5.41, 5.74) is 8.32. The fraction of sp³-hybridized carbons (Fsp3) is 0.231. The lowest BCUT2D eigenvalue weighted by Gasteiger charge is -2.18. The topological polar surface area (TPSA) is 74.7 Å². The van der Waals surface area contributed by atoms with E-state index in [4.69, 9.17) is 10.9 Å². The predicted octanol–water partition coefficient (Wildman–Crippen LogP) is 2.18. The second kappa shape index (κ2) is 5.71. The van der Waals surface area contributed by atoms with Gasteiger partial charge in [-0.2, -0.15) is 0 Å². The fourth-order valence-corrected chi connectivity index (χ4v) is 2.55. The third-order valence-corrected chi connectivity index (χ3v) is 3.68. The molecule has 19 heavy (non-hydrogen) atoms. The molecule has 0 atom stereocenters. The van der Waals surface area contributed by atoms with Crippen molar-refractivity contribution < 1.29 is 5.21 Å². The summed E-state index contributed by atoms with van der Waals surface area (Å²) in [6.07, 6.45) is 0. The number of aryl methyl sites for hydroxylation is 1. The van der Waals surface area contributed by atoms with Crippen LogP contribution in [-0.2, 0) is 6.54 Å². The molecule has 0 unspecified atom stereocenters. The van der Waals surface area contributed by atoms with E-state index in [-0.39, 0.29) is 5.84 Å². The molecule has 0 radical (unpaired) electrons. The number of oxime groups is 1. The van der Waals surface area contributed by atoms with Gasteiger partial charge in [-0.15, -0.1) is 11.3 Å². The maximum Gasteiger partial charge on any atom is 0.170 e. The Morgan fingerprint density at radius 3 is 2.95 bits per heavy atom. The lowest BCUT2D eigenvalue weighted by atomic mass is 10.2. The Hall–Kier alpha value is -2.08. The average molecular weight is 276 g/mol. The van der Waals surface area contributed by atoms with Crippen LogP contribution in [0.5, 0.6) is 0 Å². The maximum atomic E-state index is 8.70. The third kappa shape index (κ3) is 3.23. The van der Waals surface area contributed by atoms with Crippen molar-refractivity contribution in [3.8, 4) is 0 Å². The first-order valence-corrected chi connectivity index (χ1v) is 6.68. The summed E-state index contributed by atoms with van der Waals surface area (Å²) in [5.74, 6) is 0.111. The van der Waals surface area contributed by atoms with E-state index in [0.717, 1.165) is 22.9 Å². The molecule has 3 N–H and O–H groups in total. The number of rotatable bonds is 4. The molecule has 6 heteroatoms. The van der Waals surface area contributed by atoms with Gasteiger partial charge in [-0.25, -0.2) is 4.98 Å². The Morgan fingerprint density at radius 1 is 1.53 bits per heavy atom. The molecule has 2 aromatic rings. The zero-order valence-electron chi connectivity index (χ0n) is 10.9. The lowest BCUT2D eigenvalue weighted by Crippen LogP contribution is -2.18. The van der Waals surface area contributed by atoms with Crippen molar-refractivity contribution in [1.29, 1.82) is 0 Å². The monoisotopic (exact) mass is 276 g/mol. The SMILES string of the molecule is Cc1csc(CN(C)c2cccc(C(N)=NO)c2)n1. The minimum Gasteiger partial charge on any atom is -0.409 e. The fourth-order valence-electron chi connectivity index (χ4n) is 1.73. The number of hydrogen-bond acceptors (Lipinski definition) is 5. The Bertz CT molecular complexity index is 594. The first-order chi connectivity index (χ1) is 9.10. The molecule has 0 aliphatic heterocycles. The lowest BCUT2D eigenvalue weighted by molar-refractivity contribution is 0.318. The van der Waals surface area contributed by atoms with Crippen LogP contribution in [0.4, 0.5) is 5.69 Å². The van der Waals surface area contributed by atoms with E-state index < -0.39 is 0 Å². The number of amidine groups is 1. The summed E-state index contributed by atoms with van der Waals surface area (Å²) in [7, 11) is 1.99. The van der Waals surface area contributed by atoms with E-state index in [1.807, 2.05) is 37.6 Å². The average Bonchev–Trinajstić information content (AvgIpc) is 2.83. The van der Waals surface area contributed by atoms with Crippen LogP contribution >= 0.6 is 11.3 Å². The van der Waals surface area contributed by atoms with Gasteiger partial charge in [-0.05, 0) is 19.1 Å². The third-order valence-electron chi connectivity index (χ3n) is 2.73. The van der Waals surface area contributed by atoms with Gasteiger partial charge in [-0.3, -0.25) is 0 Å². The quantitative estimate of drug-likeness (QED) is 0.388. The van der Waals surface area contributed by atoms with Crippen LogP contribution < -0.4 is 10.6 Å². The van der Waals surface area contributed by atoms with Crippen molar-refractivity contribution in [2.75, 3.05) is 11.9 Å². The summed E-state index contributed by atoms with van der Waals surface area (Å²) in [4.78, 5) is 6.51. The minimum atomic E-state index is 0.111. The molecule has 1 heterocycles. The molecule has 0 bridgehead atoms. The molecule has 1 aromatic heterocycles. The van der Waals surface area contributed by atoms with Crippen LogP contribution in [0.15, 0.2) is 34.8 Å².